The van der Waals surface area contributed by atoms with E-state index in [9.17, 15) is 14.4 Å². The lowest BCUT2D eigenvalue weighted by Gasteiger charge is -2.47. The lowest BCUT2D eigenvalue weighted by molar-refractivity contribution is -0.145. The summed E-state index contributed by atoms with van der Waals surface area (Å²) in [5, 5.41) is 11.5. The average molecular weight is 318 g/mol. The highest BCUT2D eigenvalue weighted by atomic mass is 32.2. The number of nitrogens with zero attached hydrogens (tertiary/aromatic N) is 1. The van der Waals surface area contributed by atoms with Gasteiger partial charge in [-0.1, -0.05) is 30.3 Å². The third-order valence-corrected chi connectivity index (χ3v) is 4.90. The Bertz CT molecular complexity index is 659. The second-order valence-electron chi connectivity index (χ2n) is 5.11. The van der Waals surface area contributed by atoms with Gasteiger partial charge in [0, 0.05) is 12.0 Å². The third-order valence-electron chi connectivity index (χ3n) is 3.58. The fourth-order valence-electron chi connectivity index (χ4n) is 2.44. The van der Waals surface area contributed by atoms with Crippen LogP contribution in [0.5, 0.6) is 0 Å². The van der Waals surface area contributed by atoms with Gasteiger partial charge in [0.25, 0.3) is 5.91 Å². The molecule has 2 N–H and O–H groups in total. The van der Waals surface area contributed by atoms with Gasteiger partial charge in [0.2, 0.25) is 5.91 Å². The molecule has 2 amide bonds. The zero-order valence-corrected chi connectivity index (χ0v) is 12.4. The summed E-state index contributed by atoms with van der Waals surface area (Å²) in [4.78, 5) is 36.3. The zero-order valence-electron chi connectivity index (χ0n) is 11.6. The molecule has 2 aliphatic heterocycles. The maximum absolute atomic E-state index is 12.0. The number of carboxylic acids is 1. The first-order chi connectivity index (χ1) is 10.6. The predicted octanol–water partition coefficient (Wildman–Crippen LogP) is 0.597. The van der Waals surface area contributed by atoms with Crippen molar-refractivity contribution in [3.63, 3.8) is 0 Å². The molecule has 0 aliphatic carbocycles. The number of carboxylic acid groups (broad SMARTS) is 1. The summed E-state index contributed by atoms with van der Waals surface area (Å²) < 4.78 is 0. The van der Waals surface area contributed by atoms with Crippen molar-refractivity contribution >= 4 is 29.5 Å². The van der Waals surface area contributed by atoms with Crippen LogP contribution in [-0.4, -0.2) is 45.0 Å². The van der Waals surface area contributed by atoms with Crippen LogP contribution >= 0.6 is 11.8 Å². The van der Waals surface area contributed by atoms with E-state index in [1.807, 2.05) is 30.3 Å². The fraction of sp³-hybridized carbons (Fsp3) is 0.267. The van der Waals surface area contributed by atoms with Crippen molar-refractivity contribution in [2.45, 2.75) is 17.8 Å². The number of amides is 2. The Kier molecular flexibility index (Phi) is 3.89. The molecule has 1 aromatic carbocycles. The van der Waals surface area contributed by atoms with Crippen LogP contribution in [0.25, 0.3) is 0 Å². The Morgan fingerprint density at radius 1 is 1.32 bits per heavy atom. The molecule has 1 unspecified atom stereocenters. The van der Waals surface area contributed by atoms with E-state index >= 15 is 0 Å². The van der Waals surface area contributed by atoms with Crippen molar-refractivity contribution in [3.05, 3.63) is 47.7 Å². The summed E-state index contributed by atoms with van der Waals surface area (Å²) in [7, 11) is 0. The minimum Gasteiger partial charge on any atom is -0.478 e. The van der Waals surface area contributed by atoms with Gasteiger partial charge in [0.15, 0.2) is 0 Å². The second-order valence-corrected chi connectivity index (χ2v) is 6.22. The largest absolute Gasteiger partial charge is 0.478 e. The maximum Gasteiger partial charge on any atom is 0.333 e. The average Bonchev–Trinajstić information content (AvgIpc) is 2.52. The summed E-state index contributed by atoms with van der Waals surface area (Å²) in [6.07, 6.45) is 1.59. The molecule has 3 rings (SSSR count). The van der Waals surface area contributed by atoms with Crippen LogP contribution in [-0.2, 0) is 20.8 Å². The van der Waals surface area contributed by atoms with E-state index in [2.05, 4.69) is 5.32 Å². The quantitative estimate of drug-likeness (QED) is 0.794. The van der Waals surface area contributed by atoms with Gasteiger partial charge in [-0.15, -0.1) is 11.8 Å². The first-order valence-electron chi connectivity index (χ1n) is 6.77. The summed E-state index contributed by atoms with van der Waals surface area (Å²) >= 11 is 1.35. The standard InChI is InChI=1S/C15H14N2O4S/c18-11(6-9-4-2-1-3-5-9)16-12-13(19)17-7-10(15(20)21)8-22-14(12)17/h1-5,7,12,14H,6,8H2,(H,16,18)(H,20,21)/t12?,14-/m1/s1. The summed E-state index contributed by atoms with van der Waals surface area (Å²) in [5.74, 6) is -1.17. The van der Waals surface area contributed by atoms with E-state index in [1.54, 1.807) is 0 Å². The Labute approximate surface area is 131 Å². The first kappa shape index (κ1) is 14.6. The van der Waals surface area contributed by atoms with Gasteiger partial charge >= 0.3 is 5.97 Å². The number of rotatable bonds is 4. The number of hydrogen-bond acceptors (Lipinski definition) is 4. The Morgan fingerprint density at radius 2 is 2.05 bits per heavy atom. The van der Waals surface area contributed by atoms with Crippen LogP contribution < -0.4 is 5.32 Å². The maximum atomic E-state index is 12.0. The van der Waals surface area contributed by atoms with Crippen molar-refractivity contribution in [2.75, 3.05) is 5.75 Å². The van der Waals surface area contributed by atoms with Crippen molar-refractivity contribution in [1.82, 2.24) is 10.2 Å². The van der Waals surface area contributed by atoms with Gasteiger partial charge in [-0.05, 0) is 5.56 Å². The van der Waals surface area contributed by atoms with Crippen molar-refractivity contribution in [3.8, 4) is 0 Å². The minimum absolute atomic E-state index is 0.198. The lowest BCUT2D eigenvalue weighted by atomic mass is 10.1. The highest BCUT2D eigenvalue weighted by molar-refractivity contribution is 8.00. The van der Waals surface area contributed by atoms with E-state index in [1.165, 1.54) is 22.9 Å². The topological polar surface area (TPSA) is 86.7 Å². The van der Waals surface area contributed by atoms with Gasteiger partial charge < -0.3 is 15.3 Å². The minimum atomic E-state index is -1.02. The monoisotopic (exact) mass is 318 g/mol. The number of β-lactam (4-membered cyclic amide) rings is 1. The number of nitrogens with one attached hydrogen (secondary N) is 1. The molecule has 0 aromatic heterocycles. The number of aliphatic carboxylic acids is 1. The van der Waals surface area contributed by atoms with Gasteiger partial charge in [-0.2, -0.15) is 0 Å². The number of thioether (sulfide) groups is 1. The van der Waals surface area contributed by atoms with Crippen LogP contribution in [0.15, 0.2) is 42.1 Å². The highest BCUT2D eigenvalue weighted by Crippen LogP contribution is 2.36. The number of fused-ring (bicyclic) bond motifs is 1. The van der Waals surface area contributed by atoms with E-state index in [0.717, 1.165) is 5.56 Å². The smallest absolute Gasteiger partial charge is 0.333 e. The van der Waals surface area contributed by atoms with Gasteiger partial charge in [0.1, 0.15) is 11.4 Å². The zero-order chi connectivity index (χ0) is 15.7. The van der Waals surface area contributed by atoms with E-state index in [-0.39, 0.29) is 29.2 Å². The fourth-order valence-corrected chi connectivity index (χ4v) is 3.69. The Hall–Kier alpha value is -2.28. The number of hydrogen-bond donors (Lipinski definition) is 2. The Morgan fingerprint density at radius 3 is 2.73 bits per heavy atom. The molecular formula is C15H14N2O4S. The molecule has 0 saturated carbocycles. The molecule has 7 heteroatoms. The van der Waals surface area contributed by atoms with Crippen LogP contribution in [0.3, 0.4) is 0 Å². The molecule has 0 bridgehead atoms. The molecule has 0 radical (unpaired) electrons. The third kappa shape index (κ3) is 2.71. The second kappa shape index (κ2) is 5.84. The summed E-state index contributed by atoms with van der Waals surface area (Å²) in [6.45, 7) is 0. The first-order valence-corrected chi connectivity index (χ1v) is 7.82. The van der Waals surface area contributed by atoms with Gasteiger partial charge in [-0.3, -0.25) is 9.59 Å². The molecule has 1 fully saturated rings. The van der Waals surface area contributed by atoms with Crippen LogP contribution in [0.2, 0.25) is 0 Å². The molecule has 0 spiro atoms. The van der Waals surface area contributed by atoms with Crippen molar-refractivity contribution in [2.24, 2.45) is 0 Å². The normalized spacial score (nSPS) is 23.2. The van der Waals surface area contributed by atoms with Gasteiger partial charge in [0.05, 0.1) is 12.0 Å². The van der Waals surface area contributed by atoms with Crippen LogP contribution in [0.1, 0.15) is 5.56 Å². The number of carbonyl (C=O) groups excluding carboxylic acids is 2. The van der Waals surface area contributed by atoms with E-state index in [0.29, 0.717) is 5.75 Å². The molecule has 22 heavy (non-hydrogen) atoms. The molecule has 1 aromatic rings. The SMILES string of the molecule is O=C(Cc1ccccc1)NC1C(=O)N2C=C(C(=O)O)CS[C@H]12. The molecule has 6 nitrogen and oxygen atoms in total. The highest BCUT2D eigenvalue weighted by Gasteiger charge is 2.49. The molecule has 2 atom stereocenters. The molecule has 114 valence electrons. The van der Waals surface area contributed by atoms with Crippen molar-refractivity contribution < 1.29 is 19.5 Å². The van der Waals surface area contributed by atoms with Crippen LogP contribution in [0, 0.1) is 0 Å². The lowest BCUT2D eigenvalue weighted by Crippen LogP contribution is -2.68. The molecular weight excluding hydrogens is 304 g/mol. The molecule has 2 heterocycles. The summed E-state index contributed by atoms with van der Waals surface area (Å²) in [6, 6.07) is 8.71. The number of benzene rings is 1. The predicted molar refractivity (Wildman–Crippen MR) is 80.9 cm³/mol. The Balaban J connectivity index is 1.60. The summed E-state index contributed by atoms with van der Waals surface area (Å²) in [5.41, 5.74) is 1.08. The van der Waals surface area contributed by atoms with E-state index < -0.39 is 12.0 Å². The molecule has 2 aliphatic rings. The van der Waals surface area contributed by atoms with Crippen molar-refractivity contribution in [1.29, 1.82) is 0 Å². The van der Waals surface area contributed by atoms with E-state index in [4.69, 9.17) is 5.11 Å². The number of carbonyl (C=O) groups is 3. The van der Waals surface area contributed by atoms with Gasteiger partial charge in [-0.25, -0.2) is 4.79 Å². The van der Waals surface area contributed by atoms with Crippen LogP contribution in [0.4, 0.5) is 0 Å². The molecule has 1 saturated heterocycles.